The third kappa shape index (κ3) is 6.78. The topological polar surface area (TPSA) is 105 Å². The van der Waals surface area contributed by atoms with E-state index in [0.717, 1.165) is 5.56 Å². The van der Waals surface area contributed by atoms with Gasteiger partial charge in [0.25, 0.3) is 5.91 Å². The summed E-state index contributed by atoms with van der Waals surface area (Å²) in [5.74, 6) is 5.50. The number of rotatable bonds is 7. The molecule has 1 aliphatic heterocycles. The number of likely N-dealkylation sites (N-methyl/N-ethyl adjacent to an activating group) is 1. The molecular formula is C26H32N4O5. The summed E-state index contributed by atoms with van der Waals surface area (Å²) in [6.07, 6.45) is 4.70. The Morgan fingerprint density at radius 3 is 2.91 bits per heavy atom. The van der Waals surface area contributed by atoms with Crippen LogP contribution >= 0.6 is 0 Å². The molecule has 2 aromatic rings. The quantitative estimate of drug-likeness (QED) is 0.597. The lowest BCUT2D eigenvalue weighted by molar-refractivity contribution is -0.130. The van der Waals surface area contributed by atoms with Gasteiger partial charge in [0.2, 0.25) is 11.8 Å². The van der Waals surface area contributed by atoms with Crippen LogP contribution in [0.1, 0.15) is 35.3 Å². The Kier molecular flexibility index (Phi) is 9.18. The summed E-state index contributed by atoms with van der Waals surface area (Å²) in [5, 5.41) is 9.79. The van der Waals surface area contributed by atoms with E-state index >= 15 is 0 Å². The third-order valence-electron chi connectivity index (χ3n) is 5.93. The van der Waals surface area contributed by atoms with E-state index in [1.54, 1.807) is 61.6 Å². The van der Waals surface area contributed by atoms with Gasteiger partial charge in [0, 0.05) is 50.8 Å². The second kappa shape index (κ2) is 12.3. The van der Waals surface area contributed by atoms with Crippen LogP contribution in [0.25, 0.3) is 0 Å². The molecule has 35 heavy (non-hydrogen) atoms. The highest BCUT2D eigenvalue weighted by molar-refractivity contribution is 5.97. The number of amides is 2. The van der Waals surface area contributed by atoms with E-state index in [2.05, 4.69) is 21.8 Å². The first-order valence-electron chi connectivity index (χ1n) is 11.5. The molecular weight excluding hydrogens is 448 g/mol. The average Bonchev–Trinajstić information content (AvgIpc) is 2.86. The fourth-order valence-corrected chi connectivity index (χ4v) is 3.78. The van der Waals surface area contributed by atoms with Crippen molar-refractivity contribution < 1.29 is 24.2 Å². The number of hydrogen-bond donors (Lipinski definition) is 1. The lowest BCUT2D eigenvalue weighted by Gasteiger charge is -2.37. The van der Waals surface area contributed by atoms with Crippen molar-refractivity contribution in [2.45, 2.75) is 32.4 Å². The van der Waals surface area contributed by atoms with E-state index in [9.17, 15) is 14.7 Å². The molecule has 0 saturated heterocycles. The molecule has 0 radical (unpaired) electrons. The van der Waals surface area contributed by atoms with Crippen LogP contribution < -0.4 is 4.74 Å². The summed E-state index contributed by atoms with van der Waals surface area (Å²) in [4.78, 5) is 38.0. The van der Waals surface area contributed by atoms with Crippen LogP contribution in [0.2, 0.25) is 0 Å². The van der Waals surface area contributed by atoms with Gasteiger partial charge in [-0.05, 0) is 24.6 Å². The first kappa shape index (κ1) is 26.1. The van der Waals surface area contributed by atoms with Gasteiger partial charge in [-0.2, -0.15) is 0 Å². The first-order chi connectivity index (χ1) is 16.8. The fourth-order valence-electron chi connectivity index (χ4n) is 3.78. The number of fused-ring (bicyclic) bond motifs is 1. The number of hydrogen-bond acceptors (Lipinski definition) is 7. The molecule has 3 heterocycles. The fraction of sp³-hybridized carbons (Fsp3) is 0.462. The second-order valence-electron chi connectivity index (χ2n) is 8.75. The van der Waals surface area contributed by atoms with Gasteiger partial charge in [-0.15, -0.1) is 0 Å². The summed E-state index contributed by atoms with van der Waals surface area (Å²) in [6.45, 7) is 4.50. The largest absolute Gasteiger partial charge is 0.472 e. The van der Waals surface area contributed by atoms with E-state index in [1.165, 1.54) is 0 Å². The Bertz CT molecular complexity index is 1080. The molecule has 186 valence electrons. The number of carbonyl (C=O) groups is 2. The van der Waals surface area contributed by atoms with Crippen molar-refractivity contribution in [2.24, 2.45) is 5.92 Å². The molecule has 1 N–H and O–H groups in total. The molecule has 0 saturated carbocycles. The zero-order valence-corrected chi connectivity index (χ0v) is 20.6. The molecule has 2 aromatic heterocycles. The maximum Gasteiger partial charge on any atom is 0.259 e. The van der Waals surface area contributed by atoms with Gasteiger partial charge in [-0.25, -0.2) is 4.98 Å². The third-order valence-corrected chi connectivity index (χ3v) is 5.93. The van der Waals surface area contributed by atoms with Crippen molar-refractivity contribution in [1.29, 1.82) is 0 Å². The number of aromatic nitrogens is 2. The average molecular weight is 481 g/mol. The van der Waals surface area contributed by atoms with Crippen molar-refractivity contribution in [3.63, 3.8) is 0 Å². The molecule has 3 atom stereocenters. The number of ether oxygens (including phenoxy) is 2. The Hall–Kier alpha value is -3.48. The molecule has 0 fully saturated rings. The molecule has 1 aliphatic rings. The lowest BCUT2D eigenvalue weighted by Crippen LogP contribution is -2.50. The number of aliphatic hydroxyl groups excluding tert-OH is 1. The number of methoxy groups -OCH3 is 1. The van der Waals surface area contributed by atoms with Gasteiger partial charge in [0.15, 0.2) is 0 Å². The zero-order valence-electron chi connectivity index (χ0n) is 20.6. The Labute approximate surface area is 206 Å². The van der Waals surface area contributed by atoms with Crippen LogP contribution in [0.15, 0.2) is 36.8 Å². The second-order valence-corrected chi connectivity index (χ2v) is 8.75. The van der Waals surface area contributed by atoms with Gasteiger partial charge in [0.1, 0.15) is 18.3 Å². The van der Waals surface area contributed by atoms with E-state index in [4.69, 9.17) is 9.47 Å². The number of nitrogens with zero attached hydrogens (tertiary/aromatic N) is 4. The number of pyridine rings is 2. The summed E-state index contributed by atoms with van der Waals surface area (Å²) in [6, 6.07) is 4.91. The van der Waals surface area contributed by atoms with Gasteiger partial charge in [-0.3, -0.25) is 14.6 Å². The Morgan fingerprint density at radius 2 is 2.23 bits per heavy atom. The first-order valence-corrected chi connectivity index (χ1v) is 11.5. The summed E-state index contributed by atoms with van der Waals surface area (Å²) in [7, 11) is 3.29. The summed E-state index contributed by atoms with van der Waals surface area (Å²) in [5.41, 5.74) is 1.66. The zero-order chi connectivity index (χ0) is 25.4. The molecule has 2 amide bonds. The van der Waals surface area contributed by atoms with Crippen molar-refractivity contribution in [3.05, 3.63) is 53.5 Å². The van der Waals surface area contributed by atoms with Gasteiger partial charge < -0.3 is 24.4 Å². The number of aliphatic hydroxyl groups is 1. The number of carbonyl (C=O) groups excluding carboxylic acids is 2. The summed E-state index contributed by atoms with van der Waals surface area (Å²) < 4.78 is 11.2. The lowest BCUT2D eigenvalue weighted by atomic mass is 9.99. The summed E-state index contributed by atoms with van der Waals surface area (Å²) >= 11 is 0. The highest BCUT2D eigenvalue weighted by Crippen LogP contribution is 2.27. The molecule has 0 bridgehead atoms. The molecule has 3 rings (SSSR count). The Balaban J connectivity index is 1.87. The highest BCUT2D eigenvalue weighted by atomic mass is 16.5. The normalized spacial score (nSPS) is 18.3. The van der Waals surface area contributed by atoms with Crippen LogP contribution in [-0.4, -0.2) is 89.3 Å². The van der Waals surface area contributed by atoms with Gasteiger partial charge in [-0.1, -0.05) is 24.8 Å². The maximum absolute atomic E-state index is 13.4. The van der Waals surface area contributed by atoms with Crippen molar-refractivity contribution in [2.75, 3.05) is 40.5 Å². The van der Waals surface area contributed by atoms with Crippen LogP contribution in [0, 0.1) is 17.8 Å². The molecule has 0 unspecified atom stereocenters. The minimum atomic E-state index is -0.420. The molecule has 0 aliphatic carbocycles. The van der Waals surface area contributed by atoms with E-state index in [-0.39, 0.29) is 48.8 Å². The van der Waals surface area contributed by atoms with Crippen LogP contribution in [0.5, 0.6) is 5.88 Å². The van der Waals surface area contributed by atoms with Gasteiger partial charge in [0.05, 0.1) is 25.6 Å². The van der Waals surface area contributed by atoms with E-state index < -0.39 is 12.1 Å². The molecule has 9 heteroatoms. The molecule has 9 nitrogen and oxygen atoms in total. The standard InChI is InChI=1S/C26H32N4O5/c1-18-15-30(19(2)17-31)26(33)22-11-20(8-6-10-34-4)14-28-25(22)35-23(18)16-29(3)24(32)12-21-7-5-9-27-13-21/h5,7,9,11,13-14,18-19,23,31H,10,12,15-17H2,1-4H3/t18-,19+,23+/m0/s1. The van der Waals surface area contributed by atoms with Crippen LogP contribution in [0.4, 0.5) is 0 Å². The van der Waals surface area contributed by atoms with Gasteiger partial charge >= 0.3 is 0 Å². The van der Waals surface area contributed by atoms with Crippen LogP contribution in [-0.2, 0) is 16.0 Å². The SMILES string of the molecule is COCC#Cc1cnc2c(c1)C(=O)N([C@H](C)CO)C[C@H](C)[C@@H](CN(C)C(=O)Cc1cccnc1)O2. The predicted molar refractivity (Wildman–Crippen MR) is 130 cm³/mol. The van der Waals surface area contributed by atoms with E-state index in [0.29, 0.717) is 18.7 Å². The van der Waals surface area contributed by atoms with Crippen molar-refractivity contribution in [3.8, 4) is 17.7 Å². The maximum atomic E-state index is 13.4. The van der Waals surface area contributed by atoms with E-state index in [1.807, 2.05) is 13.0 Å². The minimum absolute atomic E-state index is 0.0653. The monoisotopic (exact) mass is 480 g/mol. The highest BCUT2D eigenvalue weighted by Gasteiger charge is 2.34. The molecule has 0 aromatic carbocycles. The van der Waals surface area contributed by atoms with Crippen molar-refractivity contribution >= 4 is 11.8 Å². The minimum Gasteiger partial charge on any atom is -0.472 e. The van der Waals surface area contributed by atoms with Crippen molar-refractivity contribution in [1.82, 2.24) is 19.8 Å². The smallest absolute Gasteiger partial charge is 0.259 e. The molecule has 0 spiro atoms. The Morgan fingerprint density at radius 1 is 1.43 bits per heavy atom. The van der Waals surface area contributed by atoms with Crippen LogP contribution in [0.3, 0.4) is 0 Å². The predicted octanol–water partition coefficient (Wildman–Crippen LogP) is 1.40.